The molecule has 0 N–H and O–H groups in total. The monoisotopic (exact) mass is 341 g/mol. The molecule has 0 aromatic heterocycles. The number of quaternary nitrogens is 1. The van der Waals surface area contributed by atoms with E-state index in [-0.39, 0.29) is 12.4 Å². The fraction of sp³-hybridized carbons (Fsp3) is 0.789. The summed E-state index contributed by atoms with van der Waals surface area (Å²) in [6, 6.07) is 0. The molecule has 0 heterocycles. The van der Waals surface area contributed by atoms with Crippen LogP contribution in [0.15, 0.2) is 12.2 Å². The SMILES string of the molecule is C=C(C)C(=O)OCCC[N+](C)(C)CCCCCCCCCC(=O)[O-]. The van der Waals surface area contributed by atoms with Gasteiger partial charge >= 0.3 is 5.97 Å². The van der Waals surface area contributed by atoms with E-state index in [9.17, 15) is 14.7 Å². The predicted octanol–water partition coefficient (Wildman–Crippen LogP) is 2.44. The molecule has 0 rings (SSSR count). The van der Waals surface area contributed by atoms with Gasteiger partial charge in [0.15, 0.2) is 0 Å². The van der Waals surface area contributed by atoms with Gasteiger partial charge in [-0.1, -0.05) is 32.3 Å². The number of carbonyl (C=O) groups excluding carboxylic acids is 2. The lowest BCUT2D eigenvalue weighted by Gasteiger charge is -2.29. The van der Waals surface area contributed by atoms with Crippen molar-refractivity contribution in [1.82, 2.24) is 0 Å². The number of esters is 1. The van der Waals surface area contributed by atoms with Crippen LogP contribution in [0, 0.1) is 0 Å². The second-order valence-corrected chi connectivity index (χ2v) is 7.25. The Labute approximate surface area is 147 Å². The third-order valence-electron chi connectivity index (χ3n) is 4.13. The molecule has 140 valence electrons. The van der Waals surface area contributed by atoms with E-state index in [1.54, 1.807) is 6.92 Å². The molecule has 5 heteroatoms. The zero-order chi connectivity index (χ0) is 18.4. The summed E-state index contributed by atoms with van der Waals surface area (Å²) in [6.45, 7) is 7.80. The minimum Gasteiger partial charge on any atom is -0.550 e. The van der Waals surface area contributed by atoms with Crippen LogP contribution < -0.4 is 5.11 Å². The number of aliphatic carboxylic acids is 1. The number of carboxylic acids is 1. The van der Waals surface area contributed by atoms with Crippen LogP contribution in [0.25, 0.3) is 0 Å². The number of rotatable bonds is 15. The summed E-state index contributed by atoms with van der Waals surface area (Å²) in [4.78, 5) is 21.6. The summed E-state index contributed by atoms with van der Waals surface area (Å²) in [5.41, 5.74) is 0.448. The Hall–Kier alpha value is -1.36. The molecule has 0 amide bonds. The van der Waals surface area contributed by atoms with Crippen molar-refractivity contribution in [2.24, 2.45) is 0 Å². The van der Waals surface area contributed by atoms with Crippen molar-refractivity contribution in [3.05, 3.63) is 12.2 Å². The van der Waals surface area contributed by atoms with Gasteiger partial charge in [0.25, 0.3) is 0 Å². The quantitative estimate of drug-likeness (QED) is 0.199. The van der Waals surface area contributed by atoms with Gasteiger partial charge in [-0.15, -0.1) is 0 Å². The number of hydrogen-bond donors (Lipinski definition) is 0. The van der Waals surface area contributed by atoms with Gasteiger partial charge in [0.05, 0.1) is 33.8 Å². The van der Waals surface area contributed by atoms with Crippen LogP contribution in [-0.2, 0) is 14.3 Å². The molecule has 0 atom stereocenters. The summed E-state index contributed by atoms with van der Waals surface area (Å²) in [6.07, 6.45) is 8.68. The van der Waals surface area contributed by atoms with Gasteiger partial charge in [-0.05, 0) is 32.6 Å². The first-order chi connectivity index (χ1) is 11.2. The smallest absolute Gasteiger partial charge is 0.333 e. The van der Waals surface area contributed by atoms with Gasteiger partial charge < -0.3 is 19.1 Å². The van der Waals surface area contributed by atoms with Gasteiger partial charge in [-0.25, -0.2) is 4.79 Å². The van der Waals surface area contributed by atoms with Gasteiger partial charge in [0.1, 0.15) is 0 Å². The third-order valence-corrected chi connectivity index (χ3v) is 4.13. The molecule has 0 unspecified atom stereocenters. The van der Waals surface area contributed by atoms with E-state index in [2.05, 4.69) is 20.7 Å². The molecular formula is C19H35NO4. The standard InChI is InChI=1S/C19H35NO4/c1-17(2)19(23)24-16-12-15-20(3,4)14-11-9-7-5-6-8-10-13-18(21)22/h1,5-16H2,2-4H3. The van der Waals surface area contributed by atoms with E-state index in [1.165, 1.54) is 25.7 Å². The van der Waals surface area contributed by atoms with E-state index < -0.39 is 5.97 Å². The fourth-order valence-electron chi connectivity index (χ4n) is 2.59. The van der Waals surface area contributed by atoms with Crippen molar-refractivity contribution in [2.75, 3.05) is 33.8 Å². The van der Waals surface area contributed by atoms with E-state index >= 15 is 0 Å². The highest BCUT2D eigenvalue weighted by Crippen LogP contribution is 2.10. The summed E-state index contributed by atoms with van der Waals surface area (Å²) in [5.74, 6) is -1.25. The minimum atomic E-state index is -0.940. The first-order valence-electron chi connectivity index (χ1n) is 9.09. The molecule has 0 saturated heterocycles. The Morgan fingerprint density at radius 2 is 1.42 bits per heavy atom. The summed E-state index contributed by atoms with van der Waals surface area (Å²) in [5, 5.41) is 10.3. The van der Waals surface area contributed by atoms with Crippen LogP contribution in [-0.4, -0.2) is 50.2 Å². The average Bonchev–Trinajstić information content (AvgIpc) is 2.49. The largest absolute Gasteiger partial charge is 0.550 e. The fourth-order valence-corrected chi connectivity index (χ4v) is 2.59. The molecular weight excluding hydrogens is 306 g/mol. The molecule has 0 aliphatic rings. The van der Waals surface area contributed by atoms with Crippen LogP contribution in [0.2, 0.25) is 0 Å². The molecule has 0 aliphatic carbocycles. The second-order valence-electron chi connectivity index (χ2n) is 7.25. The molecule has 24 heavy (non-hydrogen) atoms. The normalized spacial score (nSPS) is 11.3. The maximum absolute atomic E-state index is 11.3. The maximum atomic E-state index is 11.3. The van der Waals surface area contributed by atoms with E-state index in [4.69, 9.17) is 4.74 Å². The number of carboxylic acid groups (broad SMARTS) is 1. The predicted molar refractivity (Wildman–Crippen MR) is 94.2 cm³/mol. The number of hydrogen-bond acceptors (Lipinski definition) is 4. The van der Waals surface area contributed by atoms with E-state index in [1.807, 2.05) is 0 Å². The molecule has 5 nitrogen and oxygen atoms in total. The Morgan fingerprint density at radius 3 is 1.96 bits per heavy atom. The highest BCUT2D eigenvalue weighted by atomic mass is 16.5. The van der Waals surface area contributed by atoms with Gasteiger partial charge in [0, 0.05) is 18.0 Å². The average molecular weight is 341 g/mol. The maximum Gasteiger partial charge on any atom is 0.333 e. The lowest BCUT2D eigenvalue weighted by molar-refractivity contribution is -0.890. The number of unbranched alkanes of at least 4 members (excludes halogenated alkanes) is 6. The van der Waals surface area contributed by atoms with Crippen LogP contribution >= 0.6 is 0 Å². The Morgan fingerprint density at radius 1 is 0.917 bits per heavy atom. The van der Waals surface area contributed by atoms with Crippen molar-refractivity contribution >= 4 is 11.9 Å². The highest BCUT2D eigenvalue weighted by Gasteiger charge is 2.14. The summed E-state index contributed by atoms with van der Waals surface area (Å²) >= 11 is 0. The zero-order valence-corrected chi connectivity index (χ0v) is 15.8. The number of ether oxygens (including phenoxy) is 1. The minimum absolute atomic E-state index is 0.188. The van der Waals surface area contributed by atoms with Gasteiger partial charge in [-0.3, -0.25) is 0 Å². The number of carbonyl (C=O) groups is 2. The van der Waals surface area contributed by atoms with Crippen LogP contribution in [0.3, 0.4) is 0 Å². The Kier molecular flexibility index (Phi) is 12.3. The molecule has 0 bridgehead atoms. The van der Waals surface area contributed by atoms with Crippen molar-refractivity contribution in [1.29, 1.82) is 0 Å². The number of nitrogens with zero attached hydrogens (tertiary/aromatic N) is 1. The summed E-state index contributed by atoms with van der Waals surface area (Å²) < 4.78 is 6.05. The van der Waals surface area contributed by atoms with Gasteiger partial charge in [-0.2, -0.15) is 0 Å². The first kappa shape index (κ1) is 22.6. The van der Waals surface area contributed by atoms with Crippen molar-refractivity contribution in [3.63, 3.8) is 0 Å². The summed E-state index contributed by atoms with van der Waals surface area (Å²) in [7, 11) is 4.42. The van der Waals surface area contributed by atoms with Gasteiger partial charge in [0.2, 0.25) is 0 Å². The second kappa shape index (κ2) is 13.0. The Balaban J connectivity index is 3.51. The van der Waals surface area contributed by atoms with Crippen molar-refractivity contribution in [3.8, 4) is 0 Å². The zero-order valence-electron chi connectivity index (χ0n) is 15.8. The van der Waals surface area contributed by atoms with Crippen molar-refractivity contribution < 1.29 is 23.9 Å². The third kappa shape index (κ3) is 14.2. The van der Waals surface area contributed by atoms with E-state index in [0.29, 0.717) is 12.2 Å². The lowest BCUT2D eigenvalue weighted by Crippen LogP contribution is -2.41. The topological polar surface area (TPSA) is 66.4 Å². The van der Waals surface area contributed by atoms with Crippen LogP contribution in [0.4, 0.5) is 0 Å². The van der Waals surface area contributed by atoms with Crippen LogP contribution in [0.1, 0.15) is 64.7 Å². The molecule has 0 aromatic rings. The molecule has 0 saturated carbocycles. The first-order valence-corrected chi connectivity index (χ1v) is 9.09. The van der Waals surface area contributed by atoms with Crippen molar-refractivity contribution in [2.45, 2.75) is 64.7 Å². The molecule has 0 radical (unpaired) electrons. The highest BCUT2D eigenvalue weighted by molar-refractivity contribution is 5.86. The molecule has 0 fully saturated rings. The molecule has 0 spiro atoms. The molecule has 0 aliphatic heterocycles. The lowest BCUT2D eigenvalue weighted by atomic mass is 10.1. The van der Waals surface area contributed by atoms with Crippen LogP contribution in [0.5, 0.6) is 0 Å². The van der Waals surface area contributed by atoms with E-state index in [0.717, 1.165) is 43.3 Å². The Bertz CT molecular complexity index is 391. The molecule has 0 aromatic carbocycles.